The molecule has 1 saturated heterocycles. The van der Waals surface area contributed by atoms with E-state index in [0.29, 0.717) is 72.6 Å². The van der Waals surface area contributed by atoms with Crippen LogP contribution < -0.4 is 26.2 Å². The molecule has 320 valence electrons. The fourth-order valence-electron chi connectivity index (χ4n) is 7.40. The molecule has 3 aromatic carbocycles. The number of hydrogen-bond donors (Lipinski definition) is 3. The maximum absolute atomic E-state index is 13.6. The summed E-state index contributed by atoms with van der Waals surface area (Å²) >= 11 is 7.90. The molecule has 0 aliphatic carbocycles. The van der Waals surface area contributed by atoms with E-state index < -0.39 is 18.0 Å². The number of imide groups is 1. The van der Waals surface area contributed by atoms with Crippen molar-refractivity contribution in [1.82, 2.24) is 29.9 Å². The van der Waals surface area contributed by atoms with Crippen LogP contribution in [0.15, 0.2) is 82.7 Å². The van der Waals surface area contributed by atoms with Crippen molar-refractivity contribution in [3.05, 3.63) is 122 Å². The Bertz CT molecular complexity index is 2750. The third-order valence-electron chi connectivity index (χ3n) is 10.6. The van der Waals surface area contributed by atoms with Gasteiger partial charge in [0.25, 0.3) is 11.5 Å². The van der Waals surface area contributed by atoms with Crippen molar-refractivity contribution in [3.8, 4) is 10.8 Å². The van der Waals surface area contributed by atoms with Crippen molar-refractivity contribution >= 4 is 68.5 Å². The van der Waals surface area contributed by atoms with Crippen molar-refractivity contribution in [1.29, 1.82) is 0 Å². The van der Waals surface area contributed by atoms with Crippen molar-refractivity contribution < 1.29 is 28.6 Å². The average molecular weight is 878 g/mol. The molecule has 2 aliphatic heterocycles. The van der Waals surface area contributed by atoms with Crippen LogP contribution in [0.3, 0.4) is 0 Å². The monoisotopic (exact) mass is 877 g/mol. The molecule has 62 heavy (non-hydrogen) atoms. The van der Waals surface area contributed by atoms with Crippen molar-refractivity contribution in [2.75, 3.05) is 50.2 Å². The van der Waals surface area contributed by atoms with E-state index in [2.05, 4.69) is 45.1 Å². The zero-order valence-electron chi connectivity index (χ0n) is 34.3. The van der Waals surface area contributed by atoms with Gasteiger partial charge in [-0.2, -0.15) is 5.10 Å². The highest BCUT2D eigenvalue weighted by Gasteiger charge is 2.33. The quantitative estimate of drug-likeness (QED) is 0.0759. The number of rotatable bonds is 16. The lowest BCUT2D eigenvalue weighted by Crippen LogP contribution is -2.45. The second-order valence-corrected chi connectivity index (χ2v) is 16.5. The fourth-order valence-corrected chi connectivity index (χ4v) is 8.74. The molecule has 1 unspecified atom stereocenters. The van der Waals surface area contributed by atoms with Gasteiger partial charge in [-0.15, -0.1) is 21.5 Å². The number of benzene rings is 3. The summed E-state index contributed by atoms with van der Waals surface area (Å²) in [6, 6.07) is 18.7. The predicted octanol–water partition coefficient (Wildman–Crippen LogP) is 6.04. The summed E-state index contributed by atoms with van der Waals surface area (Å²) in [4.78, 5) is 56.8. The Morgan fingerprint density at radius 2 is 1.73 bits per heavy atom. The average Bonchev–Trinajstić information content (AvgIpc) is 3.73. The molecule has 0 saturated carbocycles. The predicted molar refractivity (Wildman–Crippen MR) is 236 cm³/mol. The Kier molecular flexibility index (Phi) is 12.8. The molecule has 1 fully saturated rings. The van der Waals surface area contributed by atoms with E-state index in [-0.39, 0.29) is 36.6 Å². The Morgan fingerprint density at radius 1 is 0.935 bits per heavy atom. The number of fused-ring (bicyclic) bond motifs is 4. The van der Waals surface area contributed by atoms with Crippen LogP contribution in [0.25, 0.3) is 15.8 Å². The molecule has 18 heteroatoms. The zero-order chi connectivity index (χ0) is 43.3. The highest BCUT2D eigenvalue weighted by atomic mass is 35.5. The number of hydrogen-bond acceptors (Lipinski definition) is 13. The third kappa shape index (κ3) is 9.30. The summed E-state index contributed by atoms with van der Waals surface area (Å²) in [7, 11) is 0. The molecule has 8 rings (SSSR count). The van der Waals surface area contributed by atoms with E-state index in [1.807, 2.05) is 54.0 Å². The van der Waals surface area contributed by atoms with Gasteiger partial charge in [-0.25, -0.2) is 4.68 Å². The third-order valence-corrected chi connectivity index (χ3v) is 12.1. The van der Waals surface area contributed by atoms with Gasteiger partial charge >= 0.3 is 0 Å². The van der Waals surface area contributed by atoms with Crippen LogP contribution in [0.4, 0.5) is 11.4 Å². The van der Waals surface area contributed by atoms with Crippen molar-refractivity contribution in [2.45, 2.75) is 52.1 Å². The number of nitrogens with one attached hydrogen (secondary N) is 3. The van der Waals surface area contributed by atoms with E-state index in [1.54, 1.807) is 41.8 Å². The molecular formula is C44H44ClN9O7S. The summed E-state index contributed by atoms with van der Waals surface area (Å²) in [5.74, 6) is 0.807. The number of anilines is 2. The molecule has 0 spiro atoms. The Hall–Kier alpha value is -6.27. The lowest BCUT2D eigenvalue weighted by Gasteiger charge is -2.21. The largest absolute Gasteiger partial charge is 0.491 e. The normalized spacial score (nSPS) is 16.0. The van der Waals surface area contributed by atoms with E-state index in [1.165, 1.54) is 4.88 Å². The molecule has 2 aliphatic rings. The number of aliphatic imine (C=N–C) groups is 1. The number of carbonyl (C=O) groups excluding carboxylic acids is 3. The molecule has 0 bridgehead atoms. The Morgan fingerprint density at radius 3 is 2.53 bits per heavy atom. The topological polar surface area (TPSA) is 193 Å². The molecule has 16 nitrogen and oxygen atoms in total. The van der Waals surface area contributed by atoms with E-state index in [9.17, 15) is 19.2 Å². The van der Waals surface area contributed by atoms with Gasteiger partial charge in [0, 0.05) is 56.8 Å². The van der Waals surface area contributed by atoms with Crippen molar-refractivity contribution in [3.63, 3.8) is 0 Å². The number of piperidine rings is 1. The minimum Gasteiger partial charge on any atom is -0.491 e. The summed E-state index contributed by atoms with van der Waals surface area (Å²) in [5.41, 5.74) is 4.79. The zero-order valence-corrected chi connectivity index (χ0v) is 35.8. The van der Waals surface area contributed by atoms with E-state index >= 15 is 0 Å². The van der Waals surface area contributed by atoms with Gasteiger partial charge in [0.1, 0.15) is 35.3 Å². The molecule has 6 aromatic rings. The number of amides is 3. The maximum Gasteiger partial charge on any atom is 0.275 e. The van der Waals surface area contributed by atoms with Crippen LogP contribution >= 0.6 is 22.9 Å². The van der Waals surface area contributed by atoms with Gasteiger partial charge in [0.15, 0.2) is 5.82 Å². The second-order valence-electron chi connectivity index (χ2n) is 14.8. The molecule has 3 aromatic heterocycles. The first-order chi connectivity index (χ1) is 30.0. The van der Waals surface area contributed by atoms with Gasteiger partial charge in [-0.1, -0.05) is 29.8 Å². The van der Waals surface area contributed by atoms with Crippen LogP contribution in [0.5, 0.6) is 5.75 Å². The first-order valence-electron chi connectivity index (χ1n) is 20.2. The molecule has 2 atom stereocenters. The van der Waals surface area contributed by atoms with E-state index in [4.69, 9.17) is 30.8 Å². The second kappa shape index (κ2) is 18.8. The molecule has 5 heterocycles. The lowest BCUT2D eigenvalue weighted by atomic mass is 9.99. The SMILES string of the molecule is Cc1sc2c(c1C)C(c1ccc(Cl)cc1)=N[C@@H](CC(=O)Nc1cccc(OCCOCCOCCNc3ccc4c(=O)n(C5CCC(=O)NC5=O)ncc4c3)c1)c1nnc(C)n1-2. The van der Waals surface area contributed by atoms with Gasteiger partial charge in [-0.05, 0) is 75.2 Å². The Balaban J connectivity index is 0.775. The number of thiophene rings is 1. The number of ether oxygens (including phenoxy) is 3. The molecule has 3 amide bonds. The van der Waals surface area contributed by atoms with Crippen LogP contribution in [-0.4, -0.2) is 87.6 Å². The minimum absolute atomic E-state index is 0.0411. The molecular weight excluding hydrogens is 834 g/mol. The highest BCUT2D eigenvalue weighted by molar-refractivity contribution is 7.15. The summed E-state index contributed by atoms with van der Waals surface area (Å²) in [6.45, 7) is 8.45. The smallest absolute Gasteiger partial charge is 0.275 e. The summed E-state index contributed by atoms with van der Waals surface area (Å²) in [5, 5.41) is 24.3. The van der Waals surface area contributed by atoms with Crippen molar-refractivity contribution in [2.24, 2.45) is 4.99 Å². The first kappa shape index (κ1) is 42.4. The first-order valence-corrected chi connectivity index (χ1v) is 21.4. The lowest BCUT2D eigenvalue weighted by molar-refractivity contribution is -0.136. The van der Waals surface area contributed by atoms with Crippen LogP contribution in [0.1, 0.15) is 64.6 Å². The van der Waals surface area contributed by atoms with Crippen LogP contribution in [0, 0.1) is 20.8 Å². The highest BCUT2D eigenvalue weighted by Crippen LogP contribution is 2.40. The minimum atomic E-state index is -0.813. The van der Waals surface area contributed by atoms with Crippen LogP contribution in [0.2, 0.25) is 5.02 Å². The fraction of sp³-hybridized carbons (Fsp3) is 0.318. The summed E-state index contributed by atoms with van der Waals surface area (Å²) in [6.07, 6.45) is 1.98. The van der Waals surface area contributed by atoms with Gasteiger partial charge < -0.3 is 24.8 Å². The van der Waals surface area contributed by atoms with Gasteiger partial charge in [0.2, 0.25) is 11.8 Å². The number of nitrogens with zero attached hydrogens (tertiary/aromatic N) is 6. The number of aryl methyl sites for hydroxylation is 2. The molecule has 0 radical (unpaired) electrons. The number of aromatic nitrogens is 5. The Labute approximate surface area is 365 Å². The van der Waals surface area contributed by atoms with Crippen LogP contribution in [-0.2, 0) is 23.9 Å². The standard InChI is InChI=1S/C44H44ClN9O7S/c1-25-26(2)62-44-39(25)40(28-7-9-30(45)10-8-28)49-35(41-52-51-27(3)53(41)44)23-38(56)48-32-5-4-6-33(22-32)61-20-19-60-18-17-59-16-15-46-31-11-12-34-29(21-31)24-47-54(43(34)58)36-13-14-37(55)50-42(36)57/h4-12,21-22,24,35-36,46H,13-20,23H2,1-3H3,(H,48,56)(H,50,55,57)/t35-,36?/m0/s1. The van der Waals surface area contributed by atoms with Gasteiger partial charge in [0.05, 0.1) is 50.1 Å². The number of carbonyl (C=O) groups is 3. The van der Waals surface area contributed by atoms with Gasteiger partial charge in [-0.3, -0.25) is 34.1 Å². The maximum atomic E-state index is 13.6. The van der Waals surface area contributed by atoms with E-state index in [0.717, 1.165) is 43.6 Å². The molecule has 3 N–H and O–H groups in total. The number of halogens is 1. The summed E-state index contributed by atoms with van der Waals surface area (Å²) < 4.78 is 20.5.